The van der Waals surface area contributed by atoms with E-state index in [2.05, 4.69) is 5.32 Å². The van der Waals surface area contributed by atoms with Crippen LogP contribution >= 0.6 is 24.0 Å². The summed E-state index contributed by atoms with van der Waals surface area (Å²) in [7, 11) is 3.14. The van der Waals surface area contributed by atoms with Gasteiger partial charge >= 0.3 is 0 Å². The van der Waals surface area contributed by atoms with Crippen LogP contribution in [-0.2, 0) is 9.59 Å². The Morgan fingerprint density at radius 3 is 2.39 bits per heavy atom. The Bertz CT molecular complexity index is 1100. The third-order valence-corrected chi connectivity index (χ3v) is 6.68. The number of amides is 2. The lowest BCUT2D eigenvalue weighted by molar-refractivity contribution is -0.122. The number of thioether (sulfide) groups is 1. The van der Waals surface area contributed by atoms with Crippen molar-refractivity contribution in [3.63, 3.8) is 0 Å². The van der Waals surface area contributed by atoms with Crippen LogP contribution in [0.5, 0.6) is 11.5 Å². The van der Waals surface area contributed by atoms with Crippen LogP contribution < -0.4 is 14.8 Å². The van der Waals surface area contributed by atoms with Gasteiger partial charge in [-0.1, -0.05) is 47.7 Å². The van der Waals surface area contributed by atoms with Gasteiger partial charge < -0.3 is 14.8 Å². The molecule has 0 radical (unpaired) electrons. The Hall–Kier alpha value is -2.84. The average Bonchev–Trinajstić information content (AvgIpc) is 3.03. The van der Waals surface area contributed by atoms with E-state index in [1.54, 1.807) is 31.3 Å². The van der Waals surface area contributed by atoms with Crippen LogP contribution in [0.2, 0.25) is 0 Å². The van der Waals surface area contributed by atoms with Crippen LogP contribution in [-0.4, -0.2) is 41.8 Å². The molecule has 0 spiro atoms. The van der Waals surface area contributed by atoms with E-state index in [1.807, 2.05) is 45.0 Å². The highest BCUT2D eigenvalue weighted by molar-refractivity contribution is 8.26. The minimum absolute atomic E-state index is 0.0728. The number of hydrogen-bond donors (Lipinski definition) is 1. The van der Waals surface area contributed by atoms with Gasteiger partial charge in [-0.25, -0.2) is 0 Å². The Morgan fingerprint density at radius 2 is 1.76 bits per heavy atom. The molecule has 1 aliphatic heterocycles. The van der Waals surface area contributed by atoms with Gasteiger partial charge in [0.05, 0.1) is 19.1 Å². The monoisotopic (exact) mass is 484 g/mol. The zero-order valence-corrected chi connectivity index (χ0v) is 21.1. The predicted molar refractivity (Wildman–Crippen MR) is 138 cm³/mol. The van der Waals surface area contributed by atoms with Gasteiger partial charge in [-0.15, -0.1) is 0 Å². The zero-order chi connectivity index (χ0) is 24.1. The number of hydrogen-bond acceptors (Lipinski definition) is 6. The minimum atomic E-state index is -0.148. The van der Waals surface area contributed by atoms with E-state index in [0.717, 1.165) is 22.4 Å². The van der Waals surface area contributed by atoms with E-state index < -0.39 is 0 Å². The SMILES string of the molecule is COc1ccc(C=C2SC(=S)N(CCCC(=O)Nc3c(C)cc(C)cc3C)C2=O)cc1OC. The fourth-order valence-electron chi connectivity index (χ4n) is 3.76. The quantitative estimate of drug-likeness (QED) is 0.408. The van der Waals surface area contributed by atoms with Crippen molar-refractivity contribution in [1.82, 2.24) is 4.90 Å². The Kier molecular flexibility index (Phi) is 8.15. The summed E-state index contributed by atoms with van der Waals surface area (Å²) in [6.07, 6.45) is 2.61. The van der Waals surface area contributed by atoms with Gasteiger partial charge in [0.15, 0.2) is 11.5 Å². The largest absolute Gasteiger partial charge is 0.493 e. The molecule has 3 rings (SSSR count). The number of methoxy groups -OCH3 is 2. The number of benzene rings is 2. The predicted octanol–water partition coefficient (Wildman–Crippen LogP) is 5.25. The van der Waals surface area contributed by atoms with E-state index in [0.29, 0.717) is 40.1 Å². The Morgan fingerprint density at radius 1 is 1.09 bits per heavy atom. The molecule has 0 aromatic heterocycles. The maximum atomic E-state index is 12.9. The van der Waals surface area contributed by atoms with Gasteiger partial charge in [0.2, 0.25) is 5.91 Å². The second-order valence-electron chi connectivity index (χ2n) is 7.87. The Labute approximate surface area is 204 Å². The van der Waals surface area contributed by atoms with Crippen molar-refractivity contribution in [2.75, 3.05) is 26.1 Å². The molecule has 0 atom stereocenters. The molecule has 33 heavy (non-hydrogen) atoms. The zero-order valence-electron chi connectivity index (χ0n) is 19.5. The smallest absolute Gasteiger partial charge is 0.266 e. The van der Waals surface area contributed by atoms with Gasteiger partial charge in [0.25, 0.3) is 5.91 Å². The van der Waals surface area contributed by atoms with Crippen molar-refractivity contribution in [3.8, 4) is 11.5 Å². The molecule has 2 amide bonds. The van der Waals surface area contributed by atoms with Crippen molar-refractivity contribution >= 4 is 51.9 Å². The van der Waals surface area contributed by atoms with E-state index in [4.69, 9.17) is 21.7 Å². The molecular weight excluding hydrogens is 456 g/mol. The number of carbonyl (C=O) groups excluding carboxylic acids is 2. The van der Waals surface area contributed by atoms with Crippen LogP contribution in [0.4, 0.5) is 5.69 Å². The molecule has 8 heteroatoms. The van der Waals surface area contributed by atoms with Crippen molar-refractivity contribution < 1.29 is 19.1 Å². The normalized spacial score (nSPS) is 14.7. The number of nitrogens with zero attached hydrogens (tertiary/aromatic N) is 1. The Balaban J connectivity index is 1.59. The maximum Gasteiger partial charge on any atom is 0.266 e. The van der Waals surface area contributed by atoms with Gasteiger partial charge in [-0.2, -0.15) is 0 Å². The maximum absolute atomic E-state index is 12.9. The number of nitrogens with one attached hydrogen (secondary N) is 1. The molecule has 0 unspecified atom stereocenters. The van der Waals surface area contributed by atoms with Gasteiger partial charge in [0, 0.05) is 18.7 Å². The summed E-state index contributed by atoms with van der Waals surface area (Å²) in [5.74, 6) is 0.991. The molecule has 1 saturated heterocycles. The van der Waals surface area contributed by atoms with Crippen molar-refractivity contribution in [2.45, 2.75) is 33.6 Å². The average molecular weight is 485 g/mol. The second kappa shape index (κ2) is 10.9. The molecule has 2 aromatic carbocycles. The molecule has 0 saturated carbocycles. The van der Waals surface area contributed by atoms with Crippen LogP contribution in [0.25, 0.3) is 6.08 Å². The molecule has 174 valence electrons. The topological polar surface area (TPSA) is 67.9 Å². The van der Waals surface area contributed by atoms with E-state index in [1.165, 1.54) is 17.3 Å². The summed E-state index contributed by atoms with van der Waals surface area (Å²) in [6, 6.07) is 9.56. The molecule has 1 fully saturated rings. The lowest BCUT2D eigenvalue weighted by Gasteiger charge is -2.15. The highest BCUT2D eigenvalue weighted by Crippen LogP contribution is 2.34. The molecule has 1 N–H and O–H groups in total. The molecule has 2 aromatic rings. The molecule has 0 bridgehead atoms. The van der Waals surface area contributed by atoms with Gasteiger partial charge in [0.1, 0.15) is 4.32 Å². The third kappa shape index (κ3) is 5.94. The molecule has 1 aliphatic rings. The lowest BCUT2D eigenvalue weighted by atomic mass is 10.0. The van der Waals surface area contributed by atoms with Crippen molar-refractivity contribution in [3.05, 3.63) is 57.5 Å². The highest BCUT2D eigenvalue weighted by Gasteiger charge is 2.31. The summed E-state index contributed by atoms with van der Waals surface area (Å²) in [5, 5.41) is 3.00. The number of ether oxygens (including phenoxy) is 2. The third-order valence-electron chi connectivity index (χ3n) is 5.31. The van der Waals surface area contributed by atoms with E-state index >= 15 is 0 Å². The lowest BCUT2D eigenvalue weighted by Crippen LogP contribution is -2.29. The standard InChI is InChI=1S/C25H28N2O4S2/c1-15-11-16(2)23(17(3)12-15)26-22(28)7-6-10-27-24(29)21(33-25(27)32)14-18-8-9-19(30-4)20(13-18)31-5/h8-9,11-14H,6-7,10H2,1-5H3,(H,26,28). The highest BCUT2D eigenvalue weighted by atomic mass is 32.2. The van der Waals surface area contributed by atoms with Crippen LogP contribution in [0.3, 0.4) is 0 Å². The number of anilines is 1. The summed E-state index contributed by atoms with van der Waals surface area (Å²) >= 11 is 6.67. The second-order valence-corrected chi connectivity index (χ2v) is 9.55. The molecular formula is C25H28N2O4S2. The van der Waals surface area contributed by atoms with Gasteiger partial charge in [-0.05, 0) is 62.1 Å². The minimum Gasteiger partial charge on any atom is -0.493 e. The summed E-state index contributed by atoms with van der Waals surface area (Å²) in [4.78, 5) is 27.5. The fourth-order valence-corrected chi connectivity index (χ4v) is 5.07. The first-order chi connectivity index (χ1) is 15.7. The molecule has 6 nitrogen and oxygen atoms in total. The summed E-state index contributed by atoms with van der Waals surface area (Å²) < 4.78 is 11.1. The van der Waals surface area contributed by atoms with Crippen LogP contribution in [0.15, 0.2) is 35.2 Å². The number of thiocarbonyl (C=S) groups is 1. The number of aryl methyl sites for hydroxylation is 3. The van der Waals surface area contributed by atoms with Crippen molar-refractivity contribution in [1.29, 1.82) is 0 Å². The van der Waals surface area contributed by atoms with Gasteiger partial charge in [-0.3, -0.25) is 14.5 Å². The first-order valence-corrected chi connectivity index (χ1v) is 11.8. The van der Waals surface area contributed by atoms with E-state index in [9.17, 15) is 9.59 Å². The number of carbonyl (C=O) groups is 2. The fraction of sp³-hybridized carbons (Fsp3) is 0.320. The first-order valence-electron chi connectivity index (χ1n) is 10.6. The summed E-state index contributed by atoms with van der Waals surface area (Å²) in [5.41, 5.74) is 4.92. The molecule has 1 heterocycles. The van der Waals surface area contributed by atoms with E-state index in [-0.39, 0.29) is 11.8 Å². The molecule has 0 aliphatic carbocycles. The van der Waals surface area contributed by atoms with Crippen LogP contribution in [0, 0.1) is 20.8 Å². The number of rotatable bonds is 8. The van der Waals surface area contributed by atoms with Crippen molar-refractivity contribution in [2.24, 2.45) is 0 Å². The summed E-state index contributed by atoms with van der Waals surface area (Å²) in [6.45, 7) is 6.40. The van der Waals surface area contributed by atoms with Crippen LogP contribution in [0.1, 0.15) is 35.1 Å². The first kappa shape index (κ1) is 24.8.